The van der Waals surface area contributed by atoms with Crippen LogP contribution in [-0.2, 0) is 0 Å². The monoisotopic (exact) mass is 267 g/mol. The highest BCUT2D eigenvalue weighted by Gasteiger charge is 2.09. The zero-order chi connectivity index (χ0) is 13.9. The standard InChI is InChI=1S/C15H17N5/c1-11-9-14(17-8-7-16)20-15(18-11)10-13(19-20)12-5-3-2-4-6-12/h2-6,9-10,17H,7-8,16H2,1H3. The number of hydrogen-bond acceptors (Lipinski definition) is 4. The van der Waals surface area contributed by atoms with E-state index in [0.29, 0.717) is 13.1 Å². The van der Waals surface area contributed by atoms with E-state index in [9.17, 15) is 0 Å². The number of aryl methyl sites for hydroxylation is 1. The summed E-state index contributed by atoms with van der Waals surface area (Å²) in [5.74, 6) is 0.917. The Bertz CT molecular complexity index is 718. The Morgan fingerprint density at radius 2 is 2.00 bits per heavy atom. The van der Waals surface area contributed by atoms with Gasteiger partial charge in [0.25, 0.3) is 0 Å². The average molecular weight is 267 g/mol. The molecule has 0 aliphatic heterocycles. The highest BCUT2D eigenvalue weighted by molar-refractivity contribution is 5.65. The number of nitrogens with two attached hydrogens (primary N) is 1. The Balaban J connectivity index is 2.10. The summed E-state index contributed by atoms with van der Waals surface area (Å²) in [5.41, 5.74) is 9.34. The minimum Gasteiger partial charge on any atom is -0.369 e. The number of aromatic nitrogens is 3. The number of hydrogen-bond donors (Lipinski definition) is 2. The van der Waals surface area contributed by atoms with Gasteiger partial charge in [-0.2, -0.15) is 9.61 Å². The molecule has 0 atom stereocenters. The predicted molar refractivity (Wildman–Crippen MR) is 80.7 cm³/mol. The van der Waals surface area contributed by atoms with Gasteiger partial charge in [-0.15, -0.1) is 0 Å². The van der Waals surface area contributed by atoms with E-state index in [1.54, 1.807) is 0 Å². The third-order valence-corrected chi connectivity index (χ3v) is 3.08. The summed E-state index contributed by atoms with van der Waals surface area (Å²) in [6.07, 6.45) is 0. The molecule has 0 amide bonds. The van der Waals surface area contributed by atoms with Gasteiger partial charge in [-0.1, -0.05) is 30.3 Å². The van der Waals surface area contributed by atoms with Crippen LogP contribution in [0.5, 0.6) is 0 Å². The van der Waals surface area contributed by atoms with Crippen molar-refractivity contribution in [1.29, 1.82) is 0 Å². The second-order valence-corrected chi connectivity index (χ2v) is 4.66. The molecule has 0 unspecified atom stereocenters. The second-order valence-electron chi connectivity index (χ2n) is 4.66. The molecule has 1 aromatic carbocycles. The largest absolute Gasteiger partial charge is 0.369 e. The first-order chi connectivity index (χ1) is 9.78. The Labute approximate surface area is 117 Å². The smallest absolute Gasteiger partial charge is 0.158 e. The second kappa shape index (κ2) is 5.30. The number of benzene rings is 1. The fourth-order valence-corrected chi connectivity index (χ4v) is 2.18. The quantitative estimate of drug-likeness (QED) is 0.759. The molecule has 0 saturated carbocycles. The maximum absolute atomic E-state index is 5.55. The fraction of sp³-hybridized carbons (Fsp3) is 0.200. The highest BCUT2D eigenvalue weighted by atomic mass is 15.3. The molecular weight excluding hydrogens is 250 g/mol. The molecule has 20 heavy (non-hydrogen) atoms. The van der Waals surface area contributed by atoms with Gasteiger partial charge in [-0.3, -0.25) is 0 Å². The summed E-state index contributed by atoms with van der Waals surface area (Å²) in [6, 6.07) is 14.1. The van der Waals surface area contributed by atoms with E-state index >= 15 is 0 Å². The molecular formula is C15H17N5. The average Bonchev–Trinajstić information content (AvgIpc) is 2.89. The van der Waals surface area contributed by atoms with Crippen molar-refractivity contribution >= 4 is 11.5 Å². The molecule has 0 saturated heterocycles. The normalized spacial score (nSPS) is 10.9. The van der Waals surface area contributed by atoms with Crippen LogP contribution in [0.2, 0.25) is 0 Å². The van der Waals surface area contributed by atoms with E-state index < -0.39 is 0 Å². The molecule has 102 valence electrons. The minimum absolute atomic E-state index is 0.579. The molecule has 3 N–H and O–H groups in total. The van der Waals surface area contributed by atoms with Crippen LogP contribution in [0.3, 0.4) is 0 Å². The molecule has 0 aliphatic rings. The maximum atomic E-state index is 5.55. The van der Waals surface area contributed by atoms with E-state index in [4.69, 9.17) is 5.73 Å². The third kappa shape index (κ3) is 2.35. The first-order valence-electron chi connectivity index (χ1n) is 6.65. The number of nitrogens with one attached hydrogen (secondary N) is 1. The van der Waals surface area contributed by atoms with Crippen molar-refractivity contribution in [2.24, 2.45) is 5.73 Å². The van der Waals surface area contributed by atoms with Gasteiger partial charge in [0.15, 0.2) is 5.65 Å². The molecule has 0 fully saturated rings. The van der Waals surface area contributed by atoms with Gasteiger partial charge in [0.1, 0.15) is 5.82 Å². The van der Waals surface area contributed by atoms with Crippen molar-refractivity contribution in [2.45, 2.75) is 6.92 Å². The van der Waals surface area contributed by atoms with Crippen molar-refractivity contribution in [3.05, 3.63) is 48.2 Å². The van der Waals surface area contributed by atoms with Crippen LogP contribution in [0.1, 0.15) is 5.69 Å². The molecule has 2 aromatic heterocycles. The first kappa shape index (κ1) is 12.6. The van der Waals surface area contributed by atoms with Gasteiger partial charge in [-0.25, -0.2) is 4.98 Å². The molecule has 2 heterocycles. The lowest BCUT2D eigenvalue weighted by Crippen LogP contribution is -2.15. The summed E-state index contributed by atoms with van der Waals surface area (Å²) in [5, 5.41) is 7.91. The number of fused-ring (bicyclic) bond motifs is 1. The summed E-state index contributed by atoms with van der Waals surface area (Å²) < 4.78 is 1.82. The van der Waals surface area contributed by atoms with Crippen LogP contribution in [0.25, 0.3) is 16.9 Å². The van der Waals surface area contributed by atoms with Crippen molar-refractivity contribution in [3.63, 3.8) is 0 Å². The van der Waals surface area contributed by atoms with E-state index in [1.807, 2.05) is 53.9 Å². The zero-order valence-corrected chi connectivity index (χ0v) is 11.4. The van der Waals surface area contributed by atoms with Crippen LogP contribution in [0.15, 0.2) is 42.5 Å². The van der Waals surface area contributed by atoms with Crippen molar-refractivity contribution in [3.8, 4) is 11.3 Å². The Kier molecular flexibility index (Phi) is 3.35. The molecule has 0 bridgehead atoms. The highest BCUT2D eigenvalue weighted by Crippen LogP contribution is 2.21. The van der Waals surface area contributed by atoms with E-state index in [1.165, 1.54) is 0 Å². The van der Waals surface area contributed by atoms with Gasteiger partial charge < -0.3 is 11.1 Å². The molecule has 0 radical (unpaired) electrons. The Hall–Kier alpha value is -2.40. The Morgan fingerprint density at radius 1 is 1.20 bits per heavy atom. The summed E-state index contributed by atoms with van der Waals surface area (Å²) in [7, 11) is 0. The topological polar surface area (TPSA) is 68.2 Å². The lowest BCUT2D eigenvalue weighted by molar-refractivity contribution is 0.911. The number of anilines is 1. The third-order valence-electron chi connectivity index (χ3n) is 3.08. The van der Waals surface area contributed by atoms with E-state index in [0.717, 1.165) is 28.4 Å². The summed E-state index contributed by atoms with van der Waals surface area (Å²) in [4.78, 5) is 4.52. The van der Waals surface area contributed by atoms with Crippen LogP contribution in [0.4, 0.5) is 5.82 Å². The molecule has 0 aliphatic carbocycles. The maximum Gasteiger partial charge on any atom is 0.158 e. The van der Waals surface area contributed by atoms with Crippen LogP contribution in [-0.4, -0.2) is 27.7 Å². The van der Waals surface area contributed by atoms with Crippen LogP contribution < -0.4 is 11.1 Å². The fourth-order valence-electron chi connectivity index (χ4n) is 2.18. The molecule has 3 aromatic rings. The molecule has 5 heteroatoms. The Morgan fingerprint density at radius 3 is 2.75 bits per heavy atom. The lowest BCUT2D eigenvalue weighted by atomic mass is 10.2. The van der Waals surface area contributed by atoms with Gasteiger partial charge >= 0.3 is 0 Å². The zero-order valence-electron chi connectivity index (χ0n) is 11.4. The van der Waals surface area contributed by atoms with E-state index in [-0.39, 0.29) is 0 Å². The van der Waals surface area contributed by atoms with E-state index in [2.05, 4.69) is 15.4 Å². The predicted octanol–water partition coefficient (Wildman–Crippen LogP) is 2.08. The van der Waals surface area contributed by atoms with Gasteiger partial charge in [0.2, 0.25) is 0 Å². The summed E-state index contributed by atoms with van der Waals surface area (Å²) in [6.45, 7) is 3.26. The summed E-state index contributed by atoms with van der Waals surface area (Å²) >= 11 is 0. The van der Waals surface area contributed by atoms with Crippen molar-refractivity contribution < 1.29 is 0 Å². The van der Waals surface area contributed by atoms with Crippen LogP contribution >= 0.6 is 0 Å². The van der Waals surface area contributed by atoms with Crippen LogP contribution in [0, 0.1) is 6.92 Å². The van der Waals surface area contributed by atoms with Crippen molar-refractivity contribution in [2.75, 3.05) is 18.4 Å². The number of rotatable bonds is 4. The molecule has 0 spiro atoms. The lowest BCUT2D eigenvalue weighted by Gasteiger charge is -2.07. The minimum atomic E-state index is 0.579. The van der Waals surface area contributed by atoms with Gasteiger partial charge in [-0.05, 0) is 6.92 Å². The molecule has 3 rings (SSSR count). The number of nitrogens with zero attached hydrogens (tertiary/aromatic N) is 3. The molecule has 5 nitrogen and oxygen atoms in total. The van der Waals surface area contributed by atoms with Gasteiger partial charge in [0, 0.05) is 36.5 Å². The van der Waals surface area contributed by atoms with Crippen molar-refractivity contribution in [1.82, 2.24) is 14.6 Å². The van der Waals surface area contributed by atoms with Gasteiger partial charge in [0.05, 0.1) is 5.69 Å². The first-order valence-corrected chi connectivity index (χ1v) is 6.65. The SMILES string of the molecule is Cc1cc(NCCN)n2nc(-c3ccccc3)cc2n1.